The van der Waals surface area contributed by atoms with Gasteiger partial charge in [0.15, 0.2) is 11.5 Å². The van der Waals surface area contributed by atoms with Gasteiger partial charge in [0.2, 0.25) is 0 Å². The van der Waals surface area contributed by atoms with Crippen molar-refractivity contribution < 1.29 is 9.47 Å². The fraction of sp³-hybridized carbons (Fsp3) is 0.647. The lowest BCUT2D eigenvalue weighted by Crippen LogP contribution is -2.38. The second kappa shape index (κ2) is 4.96. The number of benzene rings is 1. The van der Waals surface area contributed by atoms with Crippen LogP contribution < -0.4 is 14.8 Å². The summed E-state index contributed by atoms with van der Waals surface area (Å²) in [6, 6.07) is 4.85. The lowest BCUT2D eigenvalue weighted by Gasteiger charge is -2.34. The average Bonchev–Trinajstić information content (AvgIpc) is 3.21. The van der Waals surface area contributed by atoms with Gasteiger partial charge in [0, 0.05) is 18.0 Å². The Bertz CT molecular complexity index is 506. The van der Waals surface area contributed by atoms with Crippen LogP contribution in [0, 0.1) is 5.92 Å². The highest BCUT2D eigenvalue weighted by atomic mass is 16.5. The van der Waals surface area contributed by atoms with Gasteiger partial charge in [-0.3, -0.25) is 0 Å². The molecule has 0 radical (unpaired) electrons. The Morgan fingerprint density at radius 3 is 2.40 bits per heavy atom. The highest BCUT2D eigenvalue weighted by Crippen LogP contribution is 2.54. The van der Waals surface area contributed by atoms with Crippen molar-refractivity contribution >= 4 is 0 Å². The van der Waals surface area contributed by atoms with E-state index < -0.39 is 0 Å². The van der Waals surface area contributed by atoms with E-state index in [4.69, 9.17) is 9.47 Å². The minimum Gasteiger partial charge on any atom is -0.493 e. The van der Waals surface area contributed by atoms with Crippen molar-refractivity contribution in [2.45, 2.75) is 44.6 Å². The predicted molar refractivity (Wildman–Crippen MR) is 80.7 cm³/mol. The molecule has 1 N–H and O–H groups in total. The molecule has 0 aromatic heterocycles. The smallest absolute Gasteiger partial charge is 0.161 e. The largest absolute Gasteiger partial charge is 0.493 e. The van der Waals surface area contributed by atoms with E-state index in [0.717, 1.165) is 18.0 Å². The topological polar surface area (TPSA) is 30.5 Å². The number of rotatable bonds is 4. The maximum Gasteiger partial charge on any atom is 0.161 e. The molecule has 1 aliphatic heterocycles. The molecule has 1 aromatic rings. The molecular weight excluding hydrogens is 250 g/mol. The molecule has 0 bridgehead atoms. The fourth-order valence-corrected chi connectivity index (χ4v) is 3.44. The zero-order valence-corrected chi connectivity index (χ0v) is 13.0. The Kier molecular flexibility index (Phi) is 3.41. The van der Waals surface area contributed by atoms with Gasteiger partial charge in [-0.2, -0.15) is 0 Å². The quantitative estimate of drug-likeness (QED) is 0.913. The molecule has 20 heavy (non-hydrogen) atoms. The first-order valence-electron chi connectivity index (χ1n) is 7.59. The van der Waals surface area contributed by atoms with Crippen LogP contribution in [0.1, 0.15) is 50.3 Å². The summed E-state index contributed by atoms with van der Waals surface area (Å²) >= 11 is 0. The second-order valence-electron chi connectivity index (χ2n) is 6.64. The van der Waals surface area contributed by atoms with Crippen molar-refractivity contribution in [3.63, 3.8) is 0 Å². The van der Waals surface area contributed by atoms with Crippen molar-refractivity contribution in [1.29, 1.82) is 0 Å². The first kappa shape index (κ1) is 13.7. The van der Waals surface area contributed by atoms with Gasteiger partial charge in [-0.05, 0) is 48.4 Å². The molecule has 2 aliphatic rings. The van der Waals surface area contributed by atoms with Crippen molar-refractivity contribution in [2.75, 3.05) is 20.8 Å². The Labute approximate surface area is 121 Å². The lowest BCUT2D eigenvalue weighted by atomic mass is 9.81. The normalized spacial score (nSPS) is 22.8. The summed E-state index contributed by atoms with van der Waals surface area (Å²) in [7, 11) is 3.43. The molecule has 1 saturated carbocycles. The van der Waals surface area contributed by atoms with Crippen molar-refractivity contribution in [3.8, 4) is 11.5 Å². The summed E-state index contributed by atoms with van der Waals surface area (Å²) in [6.07, 6.45) is 3.74. The zero-order chi connectivity index (χ0) is 14.3. The highest BCUT2D eigenvalue weighted by molar-refractivity contribution is 5.54. The molecule has 1 aromatic carbocycles. The van der Waals surface area contributed by atoms with Crippen molar-refractivity contribution in [1.82, 2.24) is 5.32 Å². The monoisotopic (exact) mass is 275 g/mol. The number of hydrogen-bond acceptors (Lipinski definition) is 3. The molecule has 3 nitrogen and oxygen atoms in total. The molecule has 110 valence electrons. The number of nitrogens with one attached hydrogen (secondary N) is 1. The number of fused-ring (bicyclic) bond motifs is 2. The SMILES string of the molecule is COc1cc2c(cc1OC)C1(CC1)CNC2CC(C)C. The van der Waals surface area contributed by atoms with E-state index in [0.29, 0.717) is 17.4 Å². The van der Waals surface area contributed by atoms with Gasteiger partial charge in [-0.15, -0.1) is 0 Å². The molecule has 1 aliphatic carbocycles. The highest BCUT2D eigenvalue weighted by Gasteiger charge is 2.49. The van der Waals surface area contributed by atoms with Gasteiger partial charge in [-0.25, -0.2) is 0 Å². The van der Waals surface area contributed by atoms with Crippen LogP contribution in [0.5, 0.6) is 11.5 Å². The minimum absolute atomic E-state index is 0.363. The van der Waals surface area contributed by atoms with Crippen LogP contribution >= 0.6 is 0 Å². The van der Waals surface area contributed by atoms with Gasteiger partial charge < -0.3 is 14.8 Å². The maximum atomic E-state index is 5.49. The summed E-state index contributed by atoms with van der Waals surface area (Å²) in [5.74, 6) is 2.39. The van der Waals surface area contributed by atoms with Crippen LogP contribution in [0.25, 0.3) is 0 Å². The lowest BCUT2D eigenvalue weighted by molar-refractivity contribution is 0.344. The van der Waals surface area contributed by atoms with Gasteiger partial charge in [0.05, 0.1) is 14.2 Å². The Hall–Kier alpha value is -1.22. The molecule has 0 amide bonds. The fourth-order valence-electron chi connectivity index (χ4n) is 3.44. The molecule has 1 atom stereocenters. The van der Waals surface area contributed by atoms with Crippen molar-refractivity contribution in [3.05, 3.63) is 23.3 Å². The molecule has 3 heteroatoms. The van der Waals surface area contributed by atoms with E-state index in [-0.39, 0.29) is 0 Å². The first-order chi connectivity index (χ1) is 9.59. The Morgan fingerprint density at radius 2 is 1.85 bits per heavy atom. The number of methoxy groups -OCH3 is 2. The molecule has 1 fully saturated rings. The van der Waals surface area contributed by atoms with Crippen LogP contribution in [0.2, 0.25) is 0 Å². The van der Waals surface area contributed by atoms with Crippen LogP contribution in [0.3, 0.4) is 0 Å². The summed E-state index contributed by atoms with van der Waals surface area (Å²) in [5, 5.41) is 3.75. The third-order valence-electron chi connectivity index (χ3n) is 4.75. The standard InChI is InChI=1S/C17H25NO2/c1-11(2)7-14-12-8-15(19-3)16(20-4)9-13(12)17(5-6-17)10-18-14/h8-9,11,14,18H,5-7,10H2,1-4H3. The van der Waals surface area contributed by atoms with Gasteiger partial charge in [0.25, 0.3) is 0 Å². The summed E-state index contributed by atoms with van der Waals surface area (Å²) in [6.45, 7) is 5.67. The van der Waals surface area contributed by atoms with E-state index in [2.05, 4.69) is 31.3 Å². The van der Waals surface area contributed by atoms with Crippen LogP contribution in [-0.4, -0.2) is 20.8 Å². The van der Waals surface area contributed by atoms with E-state index in [9.17, 15) is 0 Å². The molecule has 1 heterocycles. The predicted octanol–water partition coefficient (Wildman–Crippen LogP) is 3.43. The molecule has 1 unspecified atom stereocenters. The minimum atomic E-state index is 0.363. The maximum absolute atomic E-state index is 5.49. The van der Waals surface area contributed by atoms with E-state index in [1.54, 1.807) is 14.2 Å². The van der Waals surface area contributed by atoms with E-state index in [1.807, 2.05) is 0 Å². The number of hydrogen-bond donors (Lipinski definition) is 1. The molecule has 1 spiro atoms. The Morgan fingerprint density at radius 1 is 1.20 bits per heavy atom. The van der Waals surface area contributed by atoms with Crippen LogP contribution in [0.15, 0.2) is 12.1 Å². The van der Waals surface area contributed by atoms with Gasteiger partial charge in [0.1, 0.15) is 0 Å². The number of ether oxygens (including phenoxy) is 2. The van der Waals surface area contributed by atoms with E-state index >= 15 is 0 Å². The third kappa shape index (κ3) is 2.18. The molecular formula is C17H25NO2. The molecule has 3 rings (SSSR count). The van der Waals surface area contributed by atoms with Gasteiger partial charge >= 0.3 is 0 Å². The van der Waals surface area contributed by atoms with Crippen molar-refractivity contribution in [2.24, 2.45) is 5.92 Å². The third-order valence-corrected chi connectivity index (χ3v) is 4.75. The summed E-state index contributed by atoms with van der Waals surface area (Å²) < 4.78 is 11.0. The van der Waals surface area contributed by atoms with Crippen LogP contribution in [-0.2, 0) is 5.41 Å². The summed E-state index contributed by atoms with van der Waals surface area (Å²) in [5.41, 5.74) is 3.27. The average molecular weight is 275 g/mol. The van der Waals surface area contributed by atoms with E-state index in [1.165, 1.54) is 30.4 Å². The van der Waals surface area contributed by atoms with Gasteiger partial charge in [-0.1, -0.05) is 13.8 Å². The first-order valence-corrected chi connectivity index (χ1v) is 7.59. The summed E-state index contributed by atoms with van der Waals surface area (Å²) in [4.78, 5) is 0. The second-order valence-corrected chi connectivity index (χ2v) is 6.64. The zero-order valence-electron chi connectivity index (χ0n) is 13.0. The Balaban J connectivity index is 2.06. The van der Waals surface area contributed by atoms with Crippen LogP contribution in [0.4, 0.5) is 0 Å². The molecule has 0 saturated heterocycles.